The van der Waals surface area contributed by atoms with Crippen LogP contribution in [0, 0.1) is 6.92 Å². The van der Waals surface area contributed by atoms with Gasteiger partial charge in [0.1, 0.15) is 12.0 Å². The number of guanidine groups is 1. The van der Waals surface area contributed by atoms with E-state index >= 15 is 0 Å². The van der Waals surface area contributed by atoms with E-state index in [9.17, 15) is 0 Å². The third-order valence-electron chi connectivity index (χ3n) is 4.73. The Morgan fingerprint density at radius 2 is 1.97 bits per heavy atom. The fourth-order valence-electron chi connectivity index (χ4n) is 3.08. The number of aliphatic imine (C=N–C) groups is 1. The molecule has 0 unspecified atom stereocenters. The van der Waals surface area contributed by atoms with Gasteiger partial charge in [-0.25, -0.2) is 9.98 Å². The van der Waals surface area contributed by atoms with Crippen LogP contribution in [0.2, 0.25) is 0 Å². The van der Waals surface area contributed by atoms with Crippen LogP contribution in [-0.2, 0) is 16.0 Å². The summed E-state index contributed by atoms with van der Waals surface area (Å²) in [6, 6.07) is 8.14. The lowest BCUT2D eigenvalue weighted by atomic mass is 10.1. The van der Waals surface area contributed by atoms with Crippen LogP contribution in [0.25, 0.3) is 11.5 Å². The fraction of sp³-hybridized carbons (Fsp3) is 0.545. The van der Waals surface area contributed by atoms with E-state index in [2.05, 4.69) is 46.6 Å². The molecule has 0 amide bonds. The molecular formula is C22H33IN4O3. The minimum Gasteiger partial charge on any atom is -0.444 e. The molecule has 2 heterocycles. The maximum atomic E-state index is 5.90. The van der Waals surface area contributed by atoms with E-state index in [1.165, 1.54) is 5.56 Å². The largest absolute Gasteiger partial charge is 0.444 e. The van der Waals surface area contributed by atoms with Crippen LogP contribution in [0.1, 0.15) is 37.4 Å². The van der Waals surface area contributed by atoms with Crippen molar-refractivity contribution in [2.24, 2.45) is 4.99 Å². The zero-order chi connectivity index (χ0) is 20.3. The van der Waals surface area contributed by atoms with E-state index in [-0.39, 0.29) is 24.0 Å². The highest BCUT2D eigenvalue weighted by Crippen LogP contribution is 2.19. The smallest absolute Gasteiger partial charge is 0.226 e. The lowest BCUT2D eigenvalue weighted by Gasteiger charge is -2.22. The summed E-state index contributed by atoms with van der Waals surface area (Å²) >= 11 is 0. The van der Waals surface area contributed by atoms with Crippen LogP contribution in [0.5, 0.6) is 0 Å². The molecule has 2 N–H and O–H groups in total. The summed E-state index contributed by atoms with van der Waals surface area (Å²) in [6.45, 7) is 8.56. The number of rotatable bonds is 9. The predicted molar refractivity (Wildman–Crippen MR) is 129 cm³/mol. The van der Waals surface area contributed by atoms with Crippen molar-refractivity contribution in [2.75, 3.05) is 32.9 Å². The Bertz CT molecular complexity index is 758. The van der Waals surface area contributed by atoms with Crippen LogP contribution < -0.4 is 10.6 Å². The monoisotopic (exact) mass is 528 g/mol. The second-order valence-corrected chi connectivity index (χ2v) is 7.17. The highest BCUT2D eigenvalue weighted by molar-refractivity contribution is 14.0. The molecule has 7 nitrogen and oxygen atoms in total. The van der Waals surface area contributed by atoms with Gasteiger partial charge in [-0.2, -0.15) is 0 Å². The van der Waals surface area contributed by atoms with Gasteiger partial charge in [-0.15, -0.1) is 24.0 Å². The van der Waals surface area contributed by atoms with Crippen LogP contribution >= 0.6 is 24.0 Å². The van der Waals surface area contributed by atoms with Gasteiger partial charge in [0.25, 0.3) is 0 Å². The summed E-state index contributed by atoms with van der Waals surface area (Å²) in [4.78, 5) is 9.15. The molecule has 1 aliphatic heterocycles. The highest BCUT2D eigenvalue weighted by Gasteiger charge is 2.13. The SMILES string of the molecule is CCNC(=NCc1coc(-c2ccc(C)cc2)n1)NCCCOC1CCOCC1.I. The summed E-state index contributed by atoms with van der Waals surface area (Å²) in [5.74, 6) is 1.40. The van der Waals surface area contributed by atoms with E-state index in [4.69, 9.17) is 13.9 Å². The maximum absolute atomic E-state index is 5.90. The molecule has 3 rings (SSSR count). The second-order valence-electron chi connectivity index (χ2n) is 7.17. The highest BCUT2D eigenvalue weighted by atomic mass is 127. The van der Waals surface area contributed by atoms with Gasteiger partial charge in [0, 0.05) is 38.5 Å². The standard InChI is InChI=1S/C22H32N4O3.HI/c1-3-23-22(24-11-4-12-28-20-9-13-27-14-10-20)25-15-19-16-29-21(26-19)18-7-5-17(2)6-8-18;/h5-8,16,20H,3-4,9-15H2,1-2H3,(H2,23,24,25);1H. The molecule has 166 valence electrons. The van der Waals surface area contributed by atoms with Crippen molar-refractivity contribution in [1.29, 1.82) is 0 Å². The molecule has 1 aromatic carbocycles. The van der Waals surface area contributed by atoms with E-state index in [1.54, 1.807) is 6.26 Å². The van der Waals surface area contributed by atoms with Crippen LogP contribution in [-0.4, -0.2) is 50.0 Å². The molecule has 30 heavy (non-hydrogen) atoms. The van der Waals surface area contributed by atoms with Crippen molar-refractivity contribution in [3.63, 3.8) is 0 Å². The van der Waals surface area contributed by atoms with Crippen molar-refractivity contribution < 1.29 is 13.9 Å². The number of oxazole rings is 1. The van der Waals surface area contributed by atoms with E-state index in [0.717, 1.165) is 69.4 Å². The number of ether oxygens (including phenoxy) is 2. The first-order chi connectivity index (χ1) is 14.2. The minimum absolute atomic E-state index is 0. The first-order valence-electron chi connectivity index (χ1n) is 10.5. The fourth-order valence-corrected chi connectivity index (χ4v) is 3.08. The Morgan fingerprint density at radius 1 is 1.20 bits per heavy atom. The predicted octanol–water partition coefficient (Wildman–Crippen LogP) is 3.91. The topological polar surface area (TPSA) is 80.9 Å². The number of hydrogen-bond donors (Lipinski definition) is 2. The average Bonchev–Trinajstić information content (AvgIpc) is 3.22. The van der Waals surface area contributed by atoms with Crippen LogP contribution in [0.15, 0.2) is 39.9 Å². The van der Waals surface area contributed by atoms with Gasteiger partial charge in [-0.05, 0) is 45.2 Å². The van der Waals surface area contributed by atoms with Gasteiger partial charge in [0.2, 0.25) is 5.89 Å². The number of halogens is 1. The molecule has 1 aliphatic rings. The molecular weight excluding hydrogens is 495 g/mol. The Morgan fingerprint density at radius 3 is 2.70 bits per heavy atom. The van der Waals surface area contributed by atoms with Crippen LogP contribution in [0.4, 0.5) is 0 Å². The van der Waals surface area contributed by atoms with Gasteiger partial charge in [0.15, 0.2) is 5.96 Å². The van der Waals surface area contributed by atoms with E-state index in [1.807, 2.05) is 12.1 Å². The molecule has 0 spiro atoms. The van der Waals surface area contributed by atoms with Crippen molar-refractivity contribution in [2.45, 2.75) is 45.8 Å². The first-order valence-corrected chi connectivity index (χ1v) is 10.5. The van der Waals surface area contributed by atoms with E-state index in [0.29, 0.717) is 18.5 Å². The molecule has 1 saturated heterocycles. The molecule has 0 radical (unpaired) electrons. The lowest BCUT2D eigenvalue weighted by molar-refractivity contribution is -0.0320. The average molecular weight is 528 g/mol. The molecule has 1 aromatic heterocycles. The Balaban J connectivity index is 0.00000320. The van der Waals surface area contributed by atoms with Gasteiger partial charge in [-0.1, -0.05) is 17.7 Å². The Kier molecular flexibility index (Phi) is 11.2. The molecule has 0 aliphatic carbocycles. The Labute approximate surface area is 196 Å². The summed E-state index contributed by atoms with van der Waals surface area (Å²) in [5.41, 5.74) is 2.99. The number of nitrogens with one attached hydrogen (secondary N) is 2. The van der Waals surface area contributed by atoms with Gasteiger partial charge >= 0.3 is 0 Å². The summed E-state index contributed by atoms with van der Waals surface area (Å²) in [5, 5.41) is 6.61. The van der Waals surface area contributed by atoms with Crippen molar-refractivity contribution in [3.05, 3.63) is 41.8 Å². The zero-order valence-electron chi connectivity index (χ0n) is 17.9. The van der Waals surface area contributed by atoms with Gasteiger partial charge < -0.3 is 24.5 Å². The molecule has 1 fully saturated rings. The van der Waals surface area contributed by atoms with Crippen molar-refractivity contribution in [1.82, 2.24) is 15.6 Å². The van der Waals surface area contributed by atoms with Gasteiger partial charge in [-0.3, -0.25) is 0 Å². The van der Waals surface area contributed by atoms with Gasteiger partial charge in [0.05, 0.1) is 12.6 Å². The summed E-state index contributed by atoms with van der Waals surface area (Å²) < 4.78 is 16.9. The number of aryl methyl sites for hydroxylation is 1. The summed E-state index contributed by atoms with van der Waals surface area (Å²) in [6.07, 6.45) is 4.95. The number of hydrogen-bond acceptors (Lipinski definition) is 5. The molecule has 2 aromatic rings. The molecule has 0 saturated carbocycles. The number of aromatic nitrogens is 1. The molecule has 8 heteroatoms. The lowest BCUT2D eigenvalue weighted by Crippen LogP contribution is -2.38. The normalized spacial score (nSPS) is 14.9. The molecule has 0 bridgehead atoms. The van der Waals surface area contributed by atoms with Crippen molar-refractivity contribution in [3.8, 4) is 11.5 Å². The van der Waals surface area contributed by atoms with E-state index < -0.39 is 0 Å². The van der Waals surface area contributed by atoms with Crippen molar-refractivity contribution >= 4 is 29.9 Å². The second kappa shape index (κ2) is 13.6. The summed E-state index contributed by atoms with van der Waals surface area (Å²) in [7, 11) is 0. The van der Waals surface area contributed by atoms with Crippen LogP contribution in [0.3, 0.4) is 0 Å². The first kappa shape index (κ1) is 24.6. The third kappa shape index (κ3) is 8.23. The Hall–Kier alpha value is -1.65. The molecule has 0 atom stereocenters. The zero-order valence-corrected chi connectivity index (χ0v) is 20.2. The quantitative estimate of drug-likeness (QED) is 0.223. The minimum atomic E-state index is 0. The maximum Gasteiger partial charge on any atom is 0.226 e. The number of nitrogens with zero attached hydrogens (tertiary/aromatic N) is 2. The third-order valence-corrected chi connectivity index (χ3v) is 4.73. The number of benzene rings is 1.